The summed E-state index contributed by atoms with van der Waals surface area (Å²) in [6.07, 6.45) is 2.82. The highest BCUT2D eigenvalue weighted by Gasteiger charge is 2.43. The minimum atomic E-state index is 0.113. The van der Waals surface area contributed by atoms with Gasteiger partial charge in [0.05, 0.1) is 5.54 Å². The number of hydrazine groups is 1. The lowest BCUT2D eigenvalue weighted by Crippen LogP contribution is -2.51. The Bertz CT molecular complexity index is 198. The van der Waals surface area contributed by atoms with Gasteiger partial charge in [-0.3, -0.25) is 10.2 Å². The fraction of sp³-hybridized carbons (Fsp3) is 0.875. The average Bonchev–Trinajstić information content (AvgIpc) is 2.29. The molecule has 0 aromatic rings. The quantitative estimate of drug-likeness (QED) is 0.512. The smallest absolute Gasteiger partial charge is 0.236 e. The molecular weight excluding hydrogens is 154 g/mol. The van der Waals surface area contributed by atoms with Crippen LogP contribution in [0.5, 0.6) is 0 Å². The summed E-state index contributed by atoms with van der Waals surface area (Å²) in [7, 11) is 1.97. The van der Waals surface area contributed by atoms with Crippen molar-refractivity contribution in [2.24, 2.45) is 0 Å². The average molecular weight is 169 g/mol. The molecule has 2 aliphatic rings. The lowest BCUT2D eigenvalue weighted by molar-refractivity contribution is -0.120. The number of nitrogens with zero attached hydrogens (tertiary/aromatic N) is 1. The van der Waals surface area contributed by atoms with Crippen LogP contribution in [-0.4, -0.2) is 36.6 Å². The van der Waals surface area contributed by atoms with Crippen LogP contribution in [0.25, 0.3) is 0 Å². The maximum atomic E-state index is 11.2. The largest absolute Gasteiger partial charge is 0.317 e. The monoisotopic (exact) mass is 169 g/mol. The van der Waals surface area contributed by atoms with E-state index in [0.29, 0.717) is 6.42 Å². The van der Waals surface area contributed by atoms with Crippen molar-refractivity contribution in [1.82, 2.24) is 15.8 Å². The van der Waals surface area contributed by atoms with Gasteiger partial charge in [-0.15, -0.1) is 0 Å². The first-order chi connectivity index (χ1) is 5.73. The maximum absolute atomic E-state index is 11.2. The molecule has 0 unspecified atom stereocenters. The molecule has 2 rings (SSSR count). The molecule has 68 valence electrons. The fourth-order valence-electron chi connectivity index (χ4n) is 2.17. The molecule has 0 aromatic heterocycles. The zero-order valence-electron chi connectivity index (χ0n) is 7.39. The predicted molar refractivity (Wildman–Crippen MR) is 45.4 cm³/mol. The molecule has 2 N–H and O–H groups in total. The summed E-state index contributed by atoms with van der Waals surface area (Å²) in [4.78, 5) is 11.2. The first-order valence-electron chi connectivity index (χ1n) is 4.47. The molecule has 2 heterocycles. The summed E-state index contributed by atoms with van der Waals surface area (Å²) in [5.74, 6) is 0.166. The summed E-state index contributed by atoms with van der Waals surface area (Å²) >= 11 is 0. The van der Waals surface area contributed by atoms with Crippen LogP contribution < -0.4 is 10.7 Å². The highest BCUT2D eigenvalue weighted by atomic mass is 16.2. The van der Waals surface area contributed by atoms with Gasteiger partial charge in [-0.1, -0.05) is 0 Å². The Morgan fingerprint density at radius 1 is 1.42 bits per heavy atom. The molecule has 1 amide bonds. The van der Waals surface area contributed by atoms with Crippen molar-refractivity contribution in [3.8, 4) is 0 Å². The van der Waals surface area contributed by atoms with Gasteiger partial charge in [-0.25, -0.2) is 5.01 Å². The second-order valence-corrected chi connectivity index (χ2v) is 3.75. The fourth-order valence-corrected chi connectivity index (χ4v) is 2.17. The van der Waals surface area contributed by atoms with Crippen molar-refractivity contribution >= 4 is 5.91 Å². The minimum Gasteiger partial charge on any atom is -0.317 e. The molecule has 0 radical (unpaired) electrons. The standard InChI is InChI=1S/C8H15N3O/c1-11-8(6-7(12)10-11)2-4-9-5-3-8/h9H,2-6H2,1H3,(H,10,12). The molecule has 12 heavy (non-hydrogen) atoms. The van der Waals surface area contributed by atoms with Crippen LogP contribution in [0.4, 0.5) is 0 Å². The molecule has 0 aromatic carbocycles. The van der Waals surface area contributed by atoms with E-state index in [4.69, 9.17) is 0 Å². The number of piperidine rings is 1. The third-order valence-electron chi connectivity index (χ3n) is 3.03. The van der Waals surface area contributed by atoms with E-state index < -0.39 is 0 Å². The van der Waals surface area contributed by atoms with Crippen molar-refractivity contribution < 1.29 is 4.79 Å². The Morgan fingerprint density at radius 2 is 2.08 bits per heavy atom. The second-order valence-electron chi connectivity index (χ2n) is 3.75. The minimum absolute atomic E-state index is 0.113. The Morgan fingerprint density at radius 3 is 2.58 bits per heavy atom. The highest BCUT2D eigenvalue weighted by Crippen LogP contribution is 2.31. The van der Waals surface area contributed by atoms with Crippen LogP contribution in [0.3, 0.4) is 0 Å². The summed E-state index contributed by atoms with van der Waals surface area (Å²) in [5.41, 5.74) is 2.96. The van der Waals surface area contributed by atoms with Crippen LogP contribution in [0.2, 0.25) is 0 Å². The summed E-state index contributed by atoms with van der Waals surface area (Å²) < 4.78 is 0. The van der Waals surface area contributed by atoms with E-state index >= 15 is 0 Å². The molecule has 2 saturated heterocycles. The van der Waals surface area contributed by atoms with Gasteiger partial charge < -0.3 is 5.32 Å². The van der Waals surface area contributed by atoms with Crippen molar-refractivity contribution in [2.45, 2.75) is 24.8 Å². The Kier molecular flexibility index (Phi) is 1.81. The van der Waals surface area contributed by atoms with Crippen LogP contribution >= 0.6 is 0 Å². The number of rotatable bonds is 0. The zero-order valence-corrected chi connectivity index (χ0v) is 7.39. The van der Waals surface area contributed by atoms with E-state index in [-0.39, 0.29) is 11.4 Å². The zero-order chi connectivity index (χ0) is 8.60. The van der Waals surface area contributed by atoms with Gasteiger partial charge in [0.15, 0.2) is 0 Å². The Balaban J connectivity index is 2.13. The lowest BCUT2D eigenvalue weighted by atomic mass is 9.86. The number of nitrogens with one attached hydrogen (secondary N) is 2. The van der Waals surface area contributed by atoms with Crippen molar-refractivity contribution in [3.63, 3.8) is 0 Å². The molecule has 2 fully saturated rings. The lowest BCUT2D eigenvalue weighted by Gasteiger charge is -2.37. The number of amides is 1. The third-order valence-corrected chi connectivity index (χ3v) is 3.03. The van der Waals surface area contributed by atoms with Crippen LogP contribution in [0.15, 0.2) is 0 Å². The normalized spacial score (nSPS) is 29.2. The molecule has 4 heteroatoms. The van der Waals surface area contributed by atoms with Crippen LogP contribution in [-0.2, 0) is 4.79 Å². The van der Waals surface area contributed by atoms with E-state index in [2.05, 4.69) is 10.7 Å². The van der Waals surface area contributed by atoms with Gasteiger partial charge >= 0.3 is 0 Å². The van der Waals surface area contributed by atoms with Gasteiger partial charge in [-0.05, 0) is 25.9 Å². The predicted octanol–water partition coefficient (Wildman–Crippen LogP) is -0.525. The van der Waals surface area contributed by atoms with E-state index in [1.165, 1.54) is 0 Å². The first kappa shape index (κ1) is 8.01. The number of hydrogen-bond acceptors (Lipinski definition) is 3. The summed E-state index contributed by atoms with van der Waals surface area (Å²) in [6, 6.07) is 0. The maximum Gasteiger partial charge on any atom is 0.236 e. The van der Waals surface area contributed by atoms with Gasteiger partial charge in [0.1, 0.15) is 0 Å². The number of hydrogen-bond donors (Lipinski definition) is 2. The van der Waals surface area contributed by atoms with E-state index in [0.717, 1.165) is 25.9 Å². The number of carbonyl (C=O) groups excluding carboxylic acids is 1. The topological polar surface area (TPSA) is 44.4 Å². The summed E-state index contributed by atoms with van der Waals surface area (Å²) in [5, 5.41) is 5.30. The third kappa shape index (κ3) is 1.11. The SMILES string of the molecule is CN1NC(=O)CC12CCNCC2. The second kappa shape index (κ2) is 2.71. The van der Waals surface area contributed by atoms with Crippen LogP contribution in [0.1, 0.15) is 19.3 Å². The molecule has 0 atom stereocenters. The van der Waals surface area contributed by atoms with Gasteiger partial charge in [0.25, 0.3) is 0 Å². The molecule has 1 spiro atoms. The highest BCUT2D eigenvalue weighted by molar-refractivity contribution is 5.79. The Hall–Kier alpha value is -0.610. The molecule has 2 aliphatic heterocycles. The Labute approximate surface area is 72.3 Å². The van der Waals surface area contributed by atoms with Crippen molar-refractivity contribution in [3.05, 3.63) is 0 Å². The van der Waals surface area contributed by atoms with E-state index in [1.807, 2.05) is 12.1 Å². The molecule has 0 saturated carbocycles. The molecule has 4 nitrogen and oxygen atoms in total. The van der Waals surface area contributed by atoms with Gasteiger partial charge in [0, 0.05) is 13.5 Å². The van der Waals surface area contributed by atoms with Crippen molar-refractivity contribution in [1.29, 1.82) is 0 Å². The molecular formula is C8H15N3O. The van der Waals surface area contributed by atoms with Crippen LogP contribution in [0, 0.1) is 0 Å². The van der Waals surface area contributed by atoms with Gasteiger partial charge in [-0.2, -0.15) is 0 Å². The first-order valence-corrected chi connectivity index (χ1v) is 4.47. The molecule has 0 bridgehead atoms. The molecule has 0 aliphatic carbocycles. The summed E-state index contributed by atoms with van der Waals surface area (Å²) in [6.45, 7) is 2.05. The van der Waals surface area contributed by atoms with Gasteiger partial charge in [0.2, 0.25) is 5.91 Å². The van der Waals surface area contributed by atoms with E-state index in [1.54, 1.807) is 0 Å². The van der Waals surface area contributed by atoms with Crippen molar-refractivity contribution in [2.75, 3.05) is 20.1 Å². The van der Waals surface area contributed by atoms with E-state index in [9.17, 15) is 4.79 Å². The number of carbonyl (C=O) groups is 1.